The minimum absolute atomic E-state index is 0.0266. The number of hydrogen-bond donors (Lipinski definition) is 1. The van der Waals surface area contributed by atoms with Crippen LogP contribution in [0.4, 0.5) is 0 Å². The van der Waals surface area contributed by atoms with Gasteiger partial charge in [-0.05, 0) is 44.1 Å². The van der Waals surface area contributed by atoms with E-state index in [1.165, 1.54) is 5.56 Å². The lowest BCUT2D eigenvalue weighted by atomic mass is 9.77. The average molecular weight is 370 g/mol. The second-order valence-electron chi connectivity index (χ2n) is 8.81. The summed E-state index contributed by atoms with van der Waals surface area (Å²) < 4.78 is 0. The highest BCUT2D eigenvalue weighted by molar-refractivity contribution is 5.85. The van der Waals surface area contributed by atoms with Crippen molar-refractivity contribution in [2.75, 3.05) is 32.8 Å². The van der Waals surface area contributed by atoms with Gasteiger partial charge in [0.15, 0.2) is 0 Å². The molecule has 1 aromatic rings. The number of amides is 2. The van der Waals surface area contributed by atoms with Crippen molar-refractivity contribution in [2.45, 2.75) is 44.9 Å². The van der Waals surface area contributed by atoms with Crippen LogP contribution >= 0.6 is 0 Å². The quantitative estimate of drug-likeness (QED) is 0.835. The fraction of sp³-hybridized carbons (Fsp3) is 0.636. The monoisotopic (exact) mass is 370 g/mol. The maximum absolute atomic E-state index is 12.6. The Bertz CT molecular complexity index is 691. The number of piperidine rings is 1. The molecule has 2 heterocycles. The summed E-state index contributed by atoms with van der Waals surface area (Å²) in [6.45, 7) is 3.10. The number of nitrogens with zero attached hydrogens (tertiary/aromatic N) is 2. The first kappa shape index (κ1) is 18.5. The highest BCUT2D eigenvalue weighted by Crippen LogP contribution is 2.48. The van der Waals surface area contributed by atoms with Gasteiger partial charge >= 0.3 is 0 Å². The highest BCUT2D eigenvalue weighted by atomic mass is 16.3. The Morgan fingerprint density at radius 3 is 2.41 bits per heavy atom. The zero-order valence-corrected chi connectivity index (χ0v) is 16.0. The van der Waals surface area contributed by atoms with Gasteiger partial charge in [-0.1, -0.05) is 30.3 Å². The Kier molecular flexibility index (Phi) is 4.97. The molecule has 1 saturated carbocycles. The molecule has 0 bridgehead atoms. The molecule has 146 valence electrons. The lowest BCUT2D eigenvalue weighted by Gasteiger charge is -2.40. The van der Waals surface area contributed by atoms with E-state index in [2.05, 4.69) is 24.3 Å². The van der Waals surface area contributed by atoms with E-state index in [-0.39, 0.29) is 23.8 Å². The van der Waals surface area contributed by atoms with Crippen LogP contribution in [0, 0.1) is 10.8 Å². The first-order valence-electron chi connectivity index (χ1n) is 10.3. The SMILES string of the molecule is O=C1CC2(CCN(C(=O)C3(CO)CC3)CC2)CN1CCCc1ccccc1. The minimum Gasteiger partial charge on any atom is -0.395 e. The van der Waals surface area contributed by atoms with Crippen LogP contribution in [0.15, 0.2) is 30.3 Å². The summed E-state index contributed by atoms with van der Waals surface area (Å²) in [4.78, 5) is 29.1. The van der Waals surface area contributed by atoms with E-state index < -0.39 is 5.41 Å². The Morgan fingerprint density at radius 2 is 1.78 bits per heavy atom. The molecular weight excluding hydrogens is 340 g/mol. The van der Waals surface area contributed by atoms with Gasteiger partial charge in [0.2, 0.25) is 11.8 Å². The third kappa shape index (κ3) is 3.75. The van der Waals surface area contributed by atoms with E-state index in [0.717, 1.165) is 64.7 Å². The van der Waals surface area contributed by atoms with E-state index in [4.69, 9.17) is 0 Å². The molecule has 27 heavy (non-hydrogen) atoms. The number of carbonyl (C=O) groups excluding carboxylic acids is 2. The van der Waals surface area contributed by atoms with Crippen molar-refractivity contribution in [1.29, 1.82) is 0 Å². The summed E-state index contributed by atoms with van der Waals surface area (Å²) in [6, 6.07) is 10.4. The largest absolute Gasteiger partial charge is 0.395 e. The number of carbonyl (C=O) groups is 2. The van der Waals surface area contributed by atoms with E-state index in [1.54, 1.807) is 0 Å². The summed E-state index contributed by atoms with van der Waals surface area (Å²) in [5.41, 5.74) is 0.902. The summed E-state index contributed by atoms with van der Waals surface area (Å²) in [7, 11) is 0. The first-order chi connectivity index (χ1) is 13.1. The zero-order chi connectivity index (χ0) is 18.9. The van der Waals surface area contributed by atoms with Crippen LogP contribution in [0.3, 0.4) is 0 Å². The van der Waals surface area contributed by atoms with Gasteiger partial charge in [-0.3, -0.25) is 9.59 Å². The molecule has 0 aromatic heterocycles. The van der Waals surface area contributed by atoms with Gasteiger partial charge in [-0.25, -0.2) is 0 Å². The first-order valence-corrected chi connectivity index (χ1v) is 10.3. The minimum atomic E-state index is -0.473. The van der Waals surface area contributed by atoms with Gasteiger partial charge in [0.25, 0.3) is 0 Å². The Hall–Kier alpha value is -1.88. The Morgan fingerprint density at radius 1 is 1.07 bits per heavy atom. The molecular formula is C22H30N2O3. The fourth-order valence-electron chi connectivity index (χ4n) is 4.75. The molecule has 3 fully saturated rings. The molecule has 1 N–H and O–H groups in total. The van der Waals surface area contributed by atoms with Crippen molar-refractivity contribution in [3.05, 3.63) is 35.9 Å². The summed E-state index contributed by atoms with van der Waals surface area (Å²) >= 11 is 0. The maximum atomic E-state index is 12.6. The van der Waals surface area contributed by atoms with Gasteiger partial charge in [-0.2, -0.15) is 0 Å². The highest BCUT2D eigenvalue weighted by Gasteiger charge is 2.53. The molecule has 2 amide bonds. The van der Waals surface area contributed by atoms with Crippen LogP contribution in [0.1, 0.15) is 44.1 Å². The van der Waals surface area contributed by atoms with Gasteiger partial charge in [0.1, 0.15) is 0 Å². The molecule has 1 aliphatic carbocycles. The van der Waals surface area contributed by atoms with Gasteiger partial charge in [0.05, 0.1) is 12.0 Å². The molecule has 5 nitrogen and oxygen atoms in total. The average Bonchev–Trinajstić information content (AvgIpc) is 3.44. The Labute approximate surface area is 161 Å². The molecule has 2 aliphatic heterocycles. The number of benzene rings is 1. The topological polar surface area (TPSA) is 60.9 Å². The summed E-state index contributed by atoms with van der Waals surface area (Å²) in [6.07, 6.45) is 6.07. The van der Waals surface area contributed by atoms with Crippen LogP contribution in [-0.4, -0.2) is 59.5 Å². The third-order valence-corrected chi connectivity index (χ3v) is 6.86. The predicted octanol–water partition coefficient (Wildman–Crippen LogP) is 2.23. The van der Waals surface area contributed by atoms with E-state index in [1.807, 2.05) is 15.9 Å². The van der Waals surface area contributed by atoms with Gasteiger partial charge < -0.3 is 14.9 Å². The molecule has 0 atom stereocenters. The fourth-order valence-corrected chi connectivity index (χ4v) is 4.75. The second-order valence-corrected chi connectivity index (χ2v) is 8.81. The standard InChI is InChI=1S/C22H30N2O3/c25-17-22(8-9-22)20(27)23-13-10-21(11-14-23)15-19(26)24(16-21)12-4-7-18-5-2-1-3-6-18/h1-3,5-6,25H,4,7-17H2. The van der Waals surface area contributed by atoms with Crippen molar-refractivity contribution in [1.82, 2.24) is 9.80 Å². The predicted molar refractivity (Wildman–Crippen MR) is 103 cm³/mol. The normalized spacial score (nSPS) is 23.1. The number of hydrogen-bond acceptors (Lipinski definition) is 3. The summed E-state index contributed by atoms with van der Waals surface area (Å²) in [5.74, 6) is 0.403. The van der Waals surface area contributed by atoms with Gasteiger partial charge in [-0.15, -0.1) is 0 Å². The number of aliphatic hydroxyl groups is 1. The van der Waals surface area contributed by atoms with Crippen LogP contribution in [0.25, 0.3) is 0 Å². The number of rotatable bonds is 6. The number of likely N-dealkylation sites (tertiary alicyclic amines) is 2. The van der Waals surface area contributed by atoms with Crippen LogP contribution in [0.5, 0.6) is 0 Å². The van der Waals surface area contributed by atoms with E-state index >= 15 is 0 Å². The van der Waals surface area contributed by atoms with E-state index in [9.17, 15) is 14.7 Å². The molecule has 5 heteroatoms. The maximum Gasteiger partial charge on any atom is 0.231 e. The van der Waals surface area contributed by atoms with Crippen LogP contribution in [0.2, 0.25) is 0 Å². The van der Waals surface area contributed by atoms with Crippen LogP contribution < -0.4 is 0 Å². The van der Waals surface area contributed by atoms with Crippen molar-refractivity contribution in [3.63, 3.8) is 0 Å². The molecule has 2 saturated heterocycles. The van der Waals surface area contributed by atoms with E-state index in [0.29, 0.717) is 6.42 Å². The molecule has 0 radical (unpaired) electrons. The van der Waals surface area contributed by atoms with Crippen LogP contribution in [-0.2, 0) is 16.0 Å². The number of aryl methyl sites for hydroxylation is 1. The number of aliphatic hydroxyl groups excluding tert-OH is 1. The second kappa shape index (κ2) is 7.27. The molecule has 4 rings (SSSR count). The van der Waals surface area contributed by atoms with Crippen molar-refractivity contribution < 1.29 is 14.7 Å². The summed E-state index contributed by atoms with van der Waals surface area (Å²) in [5, 5.41) is 9.50. The molecule has 1 spiro atoms. The van der Waals surface area contributed by atoms with Crippen molar-refractivity contribution >= 4 is 11.8 Å². The van der Waals surface area contributed by atoms with Crippen molar-refractivity contribution in [2.24, 2.45) is 10.8 Å². The lowest BCUT2D eigenvalue weighted by Crippen LogP contribution is -2.47. The lowest BCUT2D eigenvalue weighted by molar-refractivity contribution is -0.140. The van der Waals surface area contributed by atoms with Crippen molar-refractivity contribution in [3.8, 4) is 0 Å². The molecule has 1 aromatic carbocycles. The zero-order valence-electron chi connectivity index (χ0n) is 16.0. The Balaban J connectivity index is 1.27. The third-order valence-electron chi connectivity index (χ3n) is 6.86. The molecule has 3 aliphatic rings. The smallest absolute Gasteiger partial charge is 0.231 e. The van der Waals surface area contributed by atoms with Gasteiger partial charge in [0, 0.05) is 38.0 Å². The molecule has 0 unspecified atom stereocenters.